The Kier molecular flexibility index (Phi) is 7.13. The van der Waals surface area contributed by atoms with Gasteiger partial charge in [-0.3, -0.25) is 14.6 Å². The van der Waals surface area contributed by atoms with E-state index in [4.69, 9.17) is 0 Å². The van der Waals surface area contributed by atoms with Crippen LogP contribution in [-0.4, -0.2) is 44.6 Å². The third-order valence-corrected chi connectivity index (χ3v) is 4.04. The van der Waals surface area contributed by atoms with Gasteiger partial charge in [0.05, 0.1) is 18.2 Å². The molecule has 0 radical (unpaired) electrons. The number of nitrogens with one attached hydrogen (secondary N) is 3. The second-order valence-corrected chi connectivity index (χ2v) is 6.66. The van der Waals surface area contributed by atoms with Crippen LogP contribution in [0.3, 0.4) is 0 Å². The molecule has 1 aromatic rings. The summed E-state index contributed by atoms with van der Waals surface area (Å²) in [6, 6.07) is -0.348. The first-order chi connectivity index (χ1) is 10.3. The highest BCUT2D eigenvalue weighted by Crippen LogP contribution is 2.10. The van der Waals surface area contributed by atoms with Crippen LogP contribution in [0.4, 0.5) is 0 Å². The molecular weight excluding hydrogens is 306 g/mol. The van der Waals surface area contributed by atoms with Crippen molar-refractivity contribution >= 4 is 23.7 Å². The highest BCUT2D eigenvalue weighted by atomic mass is 32.2. The van der Waals surface area contributed by atoms with Crippen molar-refractivity contribution in [3.8, 4) is 0 Å². The molecule has 22 heavy (non-hydrogen) atoms. The first kappa shape index (κ1) is 18.2. The second-order valence-electron chi connectivity index (χ2n) is 5.05. The average molecular weight is 327 g/mol. The van der Waals surface area contributed by atoms with Crippen molar-refractivity contribution in [2.45, 2.75) is 32.1 Å². The van der Waals surface area contributed by atoms with Gasteiger partial charge >= 0.3 is 5.69 Å². The van der Waals surface area contributed by atoms with Crippen molar-refractivity contribution in [1.29, 1.82) is 0 Å². The van der Waals surface area contributed by atoms with Gasteiger partial charge in [0, 0.05) is 17.5 Å². The SMILES string of the molecule is Cc1[nH]c(=O)[nH]c(=O)c1/C=C/C(=O)N[C@H](CO)CSC(C)C. The Morgan fingerprint density at radius 3 is 2.59 bits per heavy atom. The lowest BCUT2D eigenvalue weighted by atomic mass is 10.2. The first-order valence-electron chi connectivity index (χ1n) is 6.87. The number of hydrogen-bond acceptors (Lipinski definition) is 5. The van der Waals surface area contributed by atoms with Gasteiger partial charge < -0.3 is 15.4 Å². The Morgan fingerprint density at radius 1 is 1.36 bits per heavy atom. The molecule has 0 saturated heterocycles. The Labute approximate surface area is 132 Å². The summed E-state index contributed by atoms with van der Waals surface area (Å²) in [5.41, 5.74) is -0.548. The van der Waals surface area contributed by atoms with Crippen molar-refractivity contribution in [3.63, 3.8) is 0 Å². The molecule has 1 rings (SSSR count). The van der Waals surface area contributed by atoms with Crippen LogP contribution in [0, 0.1) is 6.92 Å². The van der Waals surface area contributed by atoms with Gasteiger partial charge in [0.2, 0.25) is 5.91 Å². The van der Waals surface area contributed by atoms with Gasteiger partial charge in [-0.15, -0.1) is 0 Å². The summed E-state index contributed by atoms with van der Waals surface area (Å²) in [6.07, 6.45) is 2.54. The quantitative estimate of drug-likeness (QED) is 0.526. The summed E-state index contributed by atoms with van der Waals surface area (Å²) < 4.78 is 0. The largest absolute Gasteiger partial charge is 0.394 e. The maximum Gasteiger partial charge on any atom is 0.325 e. The lowest BCUT2D eigenvalue weighted by Gasteiger charge is -2.15. The van der Waals surface area contributed by atoms with Gasteiger partial charge in [-0.2, -0.15) is 11.8 Å². The van der Waals surface area contributed by atoms with E-state index in [0.29, 0.717) is 16.7 Å². The fourth-order valence-electron chi connectivity index (χ4n) is 1.67. The van der Waals surface area contributed by atoms with Crippen molar-refractivity contribution < 1.29 is 9.90 Å². The summed E-state index contributed by atoms with van der Waals surface area (Å²) in [7, 11) is 0. The number of thioether (sulfide) groups is 1. The number of rotatable bonds is 7. The van der Waals surface area contributed by atoms with Gasteiger partial charge in [-0.25, -0.2) is 4.79 Å². The van der Waals surface area contributed by atoms with Gasteiger partial charge in [0.1, 0.15) is 0 Å². The zero-order valence-corrected chi connectivity index (χ0v) is 13.6. The summed E-state index contributed by atoms with van der Waals surface area (Å²) in [5, 5.41) is 12.3. The molecule has 0 aliphatic rings. The fourth-order valence-corrected chi connectivity index (χ4v) is 2.47. The molecule has 122 valence electrons. The minimum Gasteiger partial charge on any atom is -0.394 e. The zero-order valence-electron chi connectivity index (χ0n) is 12.8. The van der Waals surface area contributed by atoms with Crippen LogP contribution < -0.4 is 16.6 Å². The minimum atomic E-state index is -0.588. The Balaban J connectivity index is 2.72. The van der Waals surface area contributed by atoms with Gasteiger partial charge in [0.25, 0.3) is 5.56 Å². The average Bonchev–Trinajstić information content (AvgIpc) is 2.41. The molecule has 0 aliphatic heterocycles. The van der Waals surface area contributed by atoms with Gasteiger partial charge in [0.15, 0.2) is 0 Å². The van der Waals surface area contributed by atoms with E-state index in [9.17, 15) is 19.5 Å². The minimum absolute atomic E-state index is 0.155. The number of carbonyl (C=O) groups is 1. The van der Waals surface area contributed by atoms with E-state index in [1.807, 2.05) is 13.8 Å². The standard InChI is InChI=1S/C14H21N3O4S/c1-8(2)22-7-10(6-18)16-12(19)5-4-11-9(3)15-14(21)17-13(11)20/h4-5,8,10,18H,6-7H2,1-3H3,(H,16,19)(H2,15,17,20,21)/b5-4+/t10-/m1/s1. The van der Waals surface area contributed by atoms with Crippen molar-refractivity contribution in [2.24, 2.45) is 0 Å². The van der Waals surface area contributed by atoms with E-state index >= 15 is 0 Å². The molecule has 1 amide bonds. The van der Waals surface area contributed by atoms with Crippen LogP contribution in [0.15, 0.2) is 15.7 Å². The predicted molar refractivity (Wildman–Crippen MR) is 88.1 cm³/mol. The normalized spacial score (nSPS) is 12.8. The van der Waals surface area contributed by atoms with Crippen LogP contribution >= 0.6 is 11.8 Å². The summed E-state index contributed by atoms with van der Waals surface area (Å²) >= 11 is 1.63. The summed E-state index contributed by atoms with van der Waals surface area (Å²) in [6.45, 7) is 5.49. The maximum atomic E-state index is 11.8. The molecule has 1 heterocycles. The smallest absolute Gasteiger partial charge is 0.325 e. The highest BCUT2D eigenvalue weighted by molar-refractivity contribution is 7.99. The number of aromatic nitrogens is 2. The number of carbonyl (C=O) groups excluding carboxylic acids is 1. The molecule has 1 atom stereocenters. The molecule has 0 unspecified atom stereocenters. The number of amides is 1. The lowest BCUT2D eigenvalue weighted by Crippen LogP contribution is -2.38. The van der Waals surface area contributed by atoms with Crippen molar-refractivity contribution in [3.05, 3.63) is 38.2 Å². The number of aryl methyl sites for hydroxylation is 1. The van der Waals surface area contributed by atoms with E-state index in [0.717, 1.165) is 0 Å². The maximum absolute atomic E-state index is 11.8. The van der Waals surface area contributed by atoms with Crippen LogP contribution in [0.2, 0.25) is 0 Å². The molecule has 0 aromatic carbocycles. The van der Waals surface area contributed by atoms with Gasteiger partial charge in [-0.1, -0.05) is 13.8 Å². The number of aliphatic hydroxyl groups is 1. The van der Waals surface area contributed by atoms with Crippen LogP contribution in [-0.2, 0) is 4.79 Å². The zero-order chi connectivity index (χ0) is 16.7. The lowest BCUT2D eigenvalue weighted by molar-refractivity contribution is -0.117. The van der Waals surface area contributed by atoms with Gasteiger partial charge in [-0.05, 0) is 18.2 Å². The molecule has 4 N–H and O–H groups in total. The summed E-state index contributed by atoms with van der Waals surface area (Å²) in [5.74, 6) is 0.194. The number of aromatic amines is 2. The number of H-pyrrole nitrogens is 2. The Bertz CT molecular complexity index is 648. The molecule has 0 saturated carbocycles. The molecule has 8 heteroatoms. The monoisotopic (exact) mass is 327 g/mol. The first-order valence-corrected chi connectivity index (χ1v) is 7.92. The number of hydrogen-bond donors (Lipinski definition) is 4. The third-order valence-electron chi connectivity index (χ3n) is 2.78. The number of aliphatic hydroxyl groups excluding tert-OH is 1. The molecule has 0 spiro atoms. The van der Waals surface area contributed by atoms with Crippen molar-refractivity contribution in [1.82, 2.24) is 15.3 Å². The molecule has 0 fully saturated rings. The molecule has 7 nitrogen and oxygen atoms in total. The van der Waals surface area contributed by atoms with E-state index in [-0.39, 0.29) is 18.2 Å². The second kappa shape index (κ2) is 8.60. The molecule has 0 bridgehead atoms. The molecule has 0 aliphatic carbocycles. The molecule has 1 aromatic heterocycles. The Morgan fingerprint density at radius 2 is 2.05 bits per heavy atom. The fraction of sp³-hybridized carbons (Fsp3) is 0.500. The Hall–Kier alpha value is -1.80. The van der Waals surface area contributed by atoms with Crippen LogP contribution in [0.5, 0.6) is 0 Å². The topological polar surface area (TPSA) is 115 Å². The third kappa shape index (κ3) is 5.90. The van der Waals surface area contributed by atoms with E-state index in [2.05, 4.69) is 15.3 Å². The van der Waals surface area contributed by atoms with Crippen LogP contribution in [0.25, 0.3) is 6.08 Å². The van der Waals surface area contributed by atoms with E-state index in [1.54, 1.807) is 18.7 Å². The highest BCUT2D eigenvalue weighted by Gasteiger charge is 2.11. The van der Waals surface area contributed by atoms with E-state index < -0.39 is 17.2 Å². The van der Waals surface area contributed by atoms with Crippen molar-refractivity contribution in [2.75, 3.05) is 12.4 Å². The summed E-state index contributed by atoms with van der Waals surface area (Å²) in [4.78, 5) is 39.1. The van der Waals surface area contributed by atoms with Crippen LogP contribution in [0.1, 0.15) is 25.1 Å². The molecular formula is C14H21N3O4S. The van der Waals surface area contributed by atoms with E-state index in [1.165, 1.54) is 12.2 Å². The predicted octanol–water partition coefficient (Wildman–Crippen LogP) is 0.00352.